The zero-order chi connectivity index (χ0) is 17.4. The van der Waals surface area contributed by atoms with Crippen LogP contribution in [0.1, 0.15) is 24.2 Å². The summed E-state index contributed by atoms with van der Waals surface area (Å²) in [4.78, 5) is 17.3. The lowest BCUT2D eigenvalue weighted by Gasteiger charge is -2.16. The number of imidazole rings is 1. The molecular formula is C20H20ClN3O. The van der Waals surface area contributed by atoms with Crippen molar-refractivity contribution < 1.29 is 4.79 Å². The quantitative estimate of drug-likeness (QED) is 0.757. The van der Waals surface area contributed by atoms with Crippen molar-refractivity contribution in [3.63, 3.8) is 0 Å². The van der Waals surface area contributed by atoms with Gasteiger partial charge in [0.2, 0.25) is 5.91 Å². The second-order valence-electron chi connectivity index (χ2n) is 6.65. The van der Waals surface area contributed by atoms with E-state index < -0.39 is 5.41 Å². The molecule has 0 spiro atoms. The number of fused-ring (bicyclic) bond motifs is 1. The number of halogens is 1. The van der Waals surface area contributed by atoms with Crippen LogP contribution in [0.2, 0.25) is 5.02 Å². The lowest BCUT2D eigenvalue weighted by Crippen LogP contribution is -2.36. The zero-order valence-electron chi connectivity index (χ0n) is 14.1. The Bertz CT molecular complexity index is 943. The molecule has 3 aromatic rings. The van der Waals surface area contributed by atoms with Gasteiger partial charge in [-0.1, -0.05) is 35.9 Å². The summed E-state index contributed by atoms with van der Waals surface area (Å²) >= 11 is 6.09. The standard InChI is InChI=1S/C20H20ClN3O/c1-14-23-17-7-2-3-8-18(17)24(14)12-11-22-19(25)20(9-10-20)15-5-4-6-16(21)13-15/h2-8,13H,9-12H2,1H3,(H,22,25). The van der Waals surface area contributed by atoms with Crippen LogP contribution >= 0.6 is 11.6 Å². The molecule has 4 nitrogen and oxygen atoms in total. The van der Waals surface area contributed by atoms with Gasteiger partial charge in [0.25, 0.3) is 0 Å². The van der Waals surface area contributed by atoms with Crippen LogP contribution in [-0.2, 0) is 16.8 Å². The zero-order valence-corrected chi connectivity index (χ0v) is 14.9. The first-order chi connectivity index (χ1) is 12.1. The number of carbonyl (C=O) groups is 1. The molecule has 0 unspecified atom stereocenters. The lowest BCUT2D eigenvalue weighted by atomic mass is 9.95. The van der Waals surface area contributed by atoms with E-state index in [1.165, 1.54) is 0 Å². The smallest absolute Gasteiger partial charge is 0.230 e. The fraction of sp³-hybridized carbons (Fsp3) is 0.300. The monoisotopic (exact) mass is 353 g/mol. The van der Waals surface area contributed by atoms with Crippen LogP contribution in [0.25, 0.3) is 11.0 Å². The highest BCUT2D eigenvalue weighted by atomic mass is 35.5. The van der Waals surface area contributed by atoms with E-state index in [0.29, 0.717) is 18.1 Å². The van der Waals surface area contributed by atoms with Crippen molar-refractivity contribution >= 4 is 28.5 Å². The van der Waals surface area contributed by atoms with Crippen molar-refractivity contribution in [3.8, 4) is 0 Å². The number of hydrogen-bond acceptors (Lipinski definition) is 2. The van der Waals surface area contributed by atoms with Gasteiger partial charge >= 0.3 is 0 Å². The molecule has 5 heteroatoms. The second-order valence-corrected chi connectivity index (χ2v) is 7.08. The first-order valence-corrected chi connectivity index (χ1v) is 8.94. The molecule has 1 N–H and O–H groups in total. The van der Waals surface area contributed by atoms with Crippen molar-refractivity contribution in [3.05, 3.63) is 64.9 Å². The Labute approximate surface area is 151 Å². The molecule has 4 rings (SSSR count). The van der Waals surface area contributed by atoms with E-state index in [2.05, 4.69) is 20.9 Å². The van der Waals surface area contributed by atoms with E-state index in [-0.39, 0.29) is 5.91 Å². The predicted molar refractivity (Wildman–Crippen MR) is 99.8 cm³/mol. The van der Waals surface area contributed by atoms with Gasteiger partial charge in [-0.3, -0.25) is 4.79 Å². The third-order valence-corrected chi connectivity index (χ3v) is 5.26. The average Bonchev–Trinajstić information content (AvgIpc) is 3.35. The fourth-order valence-electron chi connectivity index (χ4n) is 3.49. The molecule has 2 aromatic carbocycles. The summed E-state index contributed by atoms with van der Waals surface area (Å²) in [7, 11) is 0. The van der Waals surface area contributed by atoms with Crippen molar-refractivity contribution in [2.45, 2.75) is 31.7 Å². The molecule has 128 valence electrons. The maximum Gasteiger partial charge on any atom is 0.230 e. The summed E-state index contributed by atoms with van der Waals surface area (Å²) < 4.78 is 2.15. The van der Waals surface area contributed by atoms with Gasteiger partial charge in [0, 0.05) is 18.1 Å². The third-order valence-electron chi connectivity index (χ3n) is 5.03. The van der Waals surface area contributed by atoms with Gasteiger partial charge in [-0.2, -0.15) is 0 Å². The van der Waals surface area contributed by atoms with E-state index in [9.17, 15) is 4.79 Å². The van der Waals surface area contributed by atoms with Gasteiger partial charge in [-0.15, -0.1) is 0 Å². The molecular weight excluding hydrogens is 334 g/mol. The van der Waals surface area contributed by atoms with E-state index in [1.54, 1.807) is 0 Å². The highest BCUT2D eigenvalue weighted by Gasteiger charge is 2.51. The molecule has 0 radical (unpaired) electrons. The molecule has 1 saturated carbocycles. The highest BCUT2D eigenvalue weighted by Crippen LogP contribution is 2.48. The van der Waals surface area contributed by atoms with E-state index >= 15 is 0 Å². The van der Waals surface area contributed by atoms with Crippen molar-refractivity contribution in [2.75, 3.05) is 6.54 Å². The molecule has 1 aliphatic carbocycles. The number of rotatable bonds is 5. The van der Waals surface area contributed by atoms with E-state index in [0.717, 1.165) is 35.3 Å². The SMILES string of the molecule is Cc1nc2ccccc2n1CCNC(=O)C1(c2cccc(Cl)c2)CC1. The lowest BCUT2D eigenvalue weighted by molar-refractivity contribution is -0.123. The largest absolute Gasteiger partial charge is 0.354 e. The maximum atomic E-state index is 12.7. The Morgan fingerprint density at radius 2 is 2.04 bits per heavy atom. The average molecular weight is 354 g/mol. The molecule has 0 saturated heterocycles. The Morgan fingerprint density at radius 1 is 1.24 bits per heavy atom. The van der Waals surface area contributed by atoms with Gasteiger partial charge in [0.05, 0.1) is 16.4 Å². The number of nitrogens with one attached hydrogen (secondary N) is 1. The minimum Gasteiger partial charge on any atom is -0.354 e. The molecule has 1 amide bonds. The number of amides is 1. The Morgan fingerprint density at radius 3 is 2.80 bits per heavy atom. The fourth-order valence-corrected chi connectivity index (χ4v) is 3.68. The first-order valence-electron chi connectivity index (χ1n) is 8.56. The summed E-state index contributed by atoms with van der Waals surface area (Å²) in [6.45, 7) is 3.29. The van der Waals surface area contributed by atoms with Crippen LogP contribution < -0.4 is 5.32 Å². The molecule has 1 heterocycles. The summed E-state index contributed by atoms with van der Waals surface area (Å²) in [5.41, 5.74) is 2.72. The number of benzene rings is 2. The Kier molecular flexibility index (Phi) is 4.00. The first kappa shape index (κ1) is 16.2. The molecule has 1 aromatic heterocycles. The number of aromatic nitrogens is 2. The summed E-state index contributed by atoms with van der Waals surface area (Å²) in [5.74, 6) is 1.06. The molecule has 1 fully saturated rings. The van der Waals surface area contributed by atoms with Gasteiger partial charge in [0.1, 0.15) is 5.82 Å². The Hall–Kier alpha value is -2.33. The minimum absolute atomic E-state index is 0.0943. The maximum absolute atomic E-state index is 12.7. The number of para-hydroxylation sites is 2. The second kappa shape index (κ2) is 6.19. The van der Waals surface area contributed by atoms with Gasteiger partial charge in [-0.05, 0) is 49.6 Å². The minimum atomic E-state index is -0.392. The Balaban J connectivity index is 1.45. The van der Waals surface area contributed by atoms with Gasteiger partial charge in [-0.25, -0.2) is 4.98 Å². The number of aryl methyl sites for hydroxylation is 1. The van der Waals surface area contributed by atoms with Crippen LogP contribution in [0.15, 0.2) is 48.5 Å². The van der Waals surface area contributed by atoms with Crippen molar-refractivity contribution in [1.29, 1.82) is 0 Å². The third kappa shape index (κ3) is 2.91. The van der Waals surface area contributed by atoms with Crippen LogP contribution in [0.3, 0.4) is 0 Å². The van der Waals surface area contributed by atoms with Crippen LogP contribution in [-0.4, -0.2) is 22.0 Å². The van der Waals surface area contributed by atoms with Crippen LogP contribution in [0.5, 0.6) is 0 Å². The van der Waals surface area contributed by atoms with Crippen LogP contribution in [0.4, 0.5) is 0 Å². The highest BCUT2D eigenvalue weighted by molar-refractivity contribution is 6.30. The van der Waals surface area contributed by atoms with Gasteiger partial charge < -0.3 is 9.88 Å². The topological polar surface area (TPSA) is 46.9 Å². The number of carbonyl (C=O) groups excluding carboxylic acids is 1. The number of hydrogen-bond donors (Lipinski definition) is 1. The normalized spacial score (nSPS) is 15.3. The molecule has 0 bridgehead atoms. The predicted octanol–water partition coefficient (Wildman–Crippen LogP) is 3.85. The van der Waals surface area contributed by atoms with E-state index in [4.69, 9.17) is 11.6 Å². The van der Waals surface area contributed by atoms with Crippen molar-refractivity contribution in [1.82, 2.24) is 14.9 Å². The number of nitrogens with zero attached hydrogens (tertiary/aromatic N) is 2. The molecule has 1 aliphatic rings. The summed E-state index contributed by atoms with van der Waals surface area (Å²) in [5, 5.41) is 3.78. The van der Waals surface area contributed by atoms with E-state index in [1.807, 2.05) is 49.4 Å². The summed E-state index contributed by atoms with van der Waals surface area (Å²) in [6, 6.07) is 15.7. The molecule has 0 aliphatic heterocycles. The van der Waals surface area contributed by atoms with Crippen LogP contribution in [0, 0.1) is 6.92 Å². The molecule has 25 heavy (non-hydrogen) atoms. The summed E-state index contributed by atoms with van der Waals surface area (Å²) in [6.07, 6.45) is 1.76. The molecule has 0 atom stereocenters. The van der Waals surface area contributed by atoms with Crippen molar-refractivity contribution in [2.24, 2.45) is 0 Å². The van der Waals surface area contributed by atoms with Gasteiger partial charge in [0.15, 0.2) is 0 Å².